The Morgan fingerprint density at radius 1 is 1.21 bits per heavy atom. The van der Waals surface area contributed by atoms with Gasteiger partial charge in [0, 0.05) is 24.2 Å². The quantitative estimate of drug-likeness (QED) is 0.673. The van der Waals surface area contributed by atoms with Crippen LogP contribution in [0, 0.1) is 11.3 Å². The van der Waals surface area contributed by atoms with Gasteiger partial charge in [0.15, 0.2) is 18.1 Å². The van der Waals surface area contributed by atoms with Crippen LogP contribution in [0.1, 0.15) is 32.8 Å². The minimum atomic E-state index is -0.285. The minimum Gasteiger partial charge on any atom is -0.494 e. The molecule has 0 fully saturated rings. The van der Waals surface area contributed by atoms with Gasteiger partial charge in [0.1, 0.15) is 11.4 Å². The van der Waals surface area contributed by atoms with Gasteiger partial charge >= 0.3 is 0 Å². The van der Waals surface area contributed by atoms with E-state index >= 15 is 0 Å². The third kappa shape index (κ3) is 5.00. The van der Waals surface area contributed by atoms with Crippen LogP contribution >= 0.6 is 0 Å². The molecule has 1 heterocycles. The van der Waals surface area contributed by atoms with Gasteiger partial charge in [-0.05, 0) is 51.1 Å². The van der Waals surface area contributed by atoms with E-state index in [1.807, 2.05) is 63.2 Å². The van der Waals surface area contributed by atoms with Crippen molar-refractivity contribution in [3.8, 4) is 23.3 Å². The van der Waals surface area contributed by atoms with Crippen molar-refractivity contribution in [3.05, 3.63) is 48.0 Å². The van der Waals surface area contributed by atoms with Crippen molar-refractivity contribution in [2.24, 2.45) is 0 Å². The summed E-state index contributed by atoms with van der Waals surface area (Å²) in [6.07, 6.45) is 1.03. The first-order valence-corrected chi connectivity index (χ1v) is 9.77. The molecule has 6 heteroatoms. The zero-order valence-corrected chi connectivity index (χ0v) is 17.1. The molecule has 0 unspecified atom stereocenters. The average molecular weight is 394 g/mol. The lowest BCUT2D eigenvalue weighted by atomic mass is 10.0. The highest BCUT2D eigenvalue weighted by Gasteiger charge is 2.32. The number of carbonyl (C=O) groups excluding carboxylic acids is 1. The molecule has 0 bridgehead atoms. The molecule has 0 N–H and O–H groups in total. The molecule has 0 spiro atoms. The van der Waals surface area contributed by atoms with Gasteiger partial charge in [0.05, 0.1) is 19.1 Å². The SMILES string of the molecule is CCOc1ccc(N(CCC#N)C(=O)COc2cccc3c2OC(C)(C)C3)cc1. The summed E-state index contributed by atoms with van der Waals surface area (Å²) in [4.78, 5) is 14.4. The van der Waals surface area contributed by atoms with Gasteiger partial charge in [-0.15, -0.1) is 0 Å². The summed E-state index contributed by atoms with van der Waals surface area (Å²) < 4.78 is 17.3. The summed E-state index contributed by atoms with van der Waals surface area (Å²) in [5.74, 6) is 1.78. The fourth-order valence-corrected chi connectivity index (χ4v) is 3.37. The Labute approximate surface area is 171 Å². The Morgan fingerprint density at radius 2 is 1.97 bits per heavy atom. The Morgan fingerprint density at radius 3 is 2.66 bits per heavy atom. The van der Waals surface area contributed by atoms with E-state index in [1.165, 1.54) is 0 Å². The predicted octanol–water partition coefficient (Wildman–Crippen LogP) is 4.12. The number of benzene rings is 2. The monoisotopic (exact) mass is 394 g/mol. The lowest BCUT2D eigenvalue weighted by molar-refractivity contribution is -0.120. The molecule has 3 rings (SSSR count). The number of nitriles is 1. The predicted molar refractivity (Wildman–Crippen MR) is 111 cm³/mol. The zero-order chi connectivity index (χ0) is 20.9. The number of hydrogen-bond donors (Lipinski definition) is 0. The molecular weight excluding hydrogens is 368 g/mol. The molecule has 1 aliphatic heterocycles. The number of amides is 1. The standard InChI is InChI=1S/C23H26N2O4/c1-4-27-19-11-9-18(10-12-19)25(14-6-13-24)21(26)16-28-20-8-5-7-17-15-23(2,3)29-22(17)20/h5,7-12H,4,6,14-16H2,1-3H3. The summed E-state index contributed by atoms with van der Waals surface area (Å²) in [5, 5.41) is 8.96. The fourth-order valence-electron chi connectivity index (χ4n) is 3.37. The fraction of sp³-hybridized carbons (Fsp3) is 0.391. The molecular formula is C23H26N2O4. The molecule has 1 aliphatic rings. The topological polar surface area (TPSA) is 71.8 Å². The van der Waals surface area contributed by atoms with E-state index in [-0.39, 0.29) is 24.5 Å². The van der Waals surface area contributed by atoms with E-state index in [2.05, 4.69) is 6.07 Å². The third-order valence-electron chi connectivity index (χ3n) is 4.61. The van der Waals surface area contributed by atoms with Gasteiger partial charge in [-0.25, -0.2) is 0 Å². The van der Waals surface area contributed by atoms with Crippen molar-refractivity contribution in [1.29, 1.82) is 5.26 Å². The molecule has 152 valence electrons. The Kier molecular flexibility index (Phi) is 6.28. The summed E-state index contributed by atoms with van der Waals surface area (Å²) in [6.45, 7) is 6.70. The molecule has 2 aromatic rings. The van der Waals surface area contributed by atoms with Crippen LogP contribution in [0.5, 0.6) is 17.2 Å². The highest BCUT2D eigenvalue weighted by atomic mass is 16.5. The van der Waals surface area contributed by atoms with Gasteiger partial charge in [0.2, 0.25) is 0 Å². The Hall–Kier alpha value is -3.20. The van der Waals surface area contributed by atoms with Crippen molar-refractivity contribution in [2.45, 2.75) is 39.2 Å². The lowest BCUT2D eigenvalue weighted by Gasteiger charge is -2.23. The molecule has 0 atom stereocenters. The van der Waals surface area contributed by atoms with E-state index in [0.29, 0.717) is 30.3 Å². The van der Waals surface area contributed by atoms with Crippen LogP contribution in [-0.2, 0) is 11.2 Å². The van der Waals surface area contributed by atoms with E-state index in [9.17, 15) is 4.79 Å². The molecule has 0 saturated carbocycles. The largest absolute Gasteiger partial charge is 0.494 e. The maximum Gasteiger partial charge on any atom is 0.264 e. The number of hydrogen-bond acceptors (Lipinski definition) is 5. The van der Waals surface area contributed by atoms with Crippen LogP contribution in [0.2, 0.25) is 0 Å². The number of ether oxygens (including phenoxy) is 3. The second-order valence-electron chi connectivity index (χ2n) is 7.45. The lowest BCUT2D eigenvalue weighted by Crippen LogP contribution is -2.35. The van der Waals surface area contributed by atoms with Crippen LogP contribution < -0.4 is 19.1 Å². The van der Waals surface area contributed by atoms with Crippen molar-refractivity contribution < 1.29 is 19.0 Å². The summed E-state index contributed by atoms with van der Waals surface area (Å²) in [6, 6.07) is 15.1. The molecule has 0 saturated heterocycles. The number of anilines is 1. The van der Waals surface area contributed by atoms with Crippen molar-refractivity contribution in [3.63, 3.8) is 0 Å². The molecule has 0 aliphatic carbocycles. The molecule has 2 aromatic carbocycles. The van der Waals surface area contributed by atoms with Gasteiger partial charge in [-0.3, -0.25) is 4.79 Å². The maximum absolute atomic E-state index is 12.9. The maximum atomic E-state index is 12.9. The van der Waals surface area contributed by atoms with Crippen LogP contribution in [0.25, 0.3) is 0 Å². The number of fused-ring (bicyclic) bond motifs is 1. The molecule has 29 heavy (non-hydrogen) atoms. The summed E-state index contributed by atoms with van der Waals surface area (Å²) >= 11 is 0. The summed E-state index contributed by atoms with van der Waals surface area (Å²) in [7, 11) is 0. The van der Waals surface area contributed by atoms with Crippen LogP contribution in [0.15, 0.2) is 42.5 Å². The first-order valence-electron chi connectivity index (χ1n) is 9.77. The normalized spacial score (nSPS) is 13.7. The second kappa shape index (κ2) is 8.87. The number of rotatable bonds is 8. The second-order valence-corrected chi connectivity index (χ2v) is 7.45. The number of carbonyl (C=O) groups is 1. The van der Waals surface area contributed by atoms with Crippen molar-refractivity contribution in [2.75, 3.05) is 24.7 Å². The first kappa shape index (κ1) is 20.5. The summed E-state index contributed by atoms with van der Waals surface area (Å²) in [5.41, 5.74) is 1.49. The Balaban J connectivity index is 1.72. The highest BCUT2D eigenvalue weighted by molar-refractivity contribution is 5.94. The smallest absolute Gasteiger partial charge is 0.264 e. The van der Waals surface area contributed by atoms with Crippen LogP contribution in [-0.4, -0.2) is 31.3 Å². The van der Waals surface area contributed by atoms with Gasteiger partial charge in [-0.2, -0.15) is 5.26 Å². The van der Waals surface area contributed by atoms with Crippen molar-refractivity contribution >= 4 is 11.6 Å². The zero-order valence-electron chi connectivity index (χ0n) is 17.1. The average Bonchev–Trinajstić information content (AvgIpc) is 3.02. The van der Waals surface area contributed by atoms with Gasteiger partial charge in [0.25, 0.3) is 5.91 Å². The molecule has 6 nitrogen and oxygen atoms in total. The highest BCUT2D eigenvalue weighted by Crippen LogP contribution is 2.41. The third-order valence-corrected chi connectivity index (χ3v) is 4.61. The van der Waals surface area contributed by atoms with Gasteiger partial charge in [-0.1, -0.05) is 12.1 Å². The van der Waals surface area contributed by atoms with Crippen LogP contribution in [0.4, 0.5) is 5.69 Å². The van der Waals surface area contributed by atoms with Gasteiger partial charge < -0.3 is 19.1 Å². The van der Waals surface area contributed by atoms with Crippen molar-refractivity contribution in [1.82, 2.24) is 0 Å². The molecule has 0 aromatic heterocycles. The molecule has 0 radical (unpaired) electrons. The first-order chi connectivity index (χ1) is 13.9. The molecule has 1 amide bonds. The van der Waals surface area contributed by atoms with E-state index in [0.717, 1.165) is 17.7 Å². The van der Waals surface area contributed by atoms with E-state index < -0.39 is 0 Å². The Bertz CT molecular complexity index is 900. The number of para-hydroxylation sites is 1. The van der Waals surface area contributed by atoms with E-state index in [4.69, 9.17) is 19.5 Å². The van der Waals surface area contributed by atoms with Crippen LogP contribution in [0.3, 0.4) is 0 Å². The van der Waals surface area contributed by atoms with E-state index in [1.54, 1.807) is 4.90 Å². The number of nitrogens with zero attached hydrogens (tertiary/aromatic N) is 2. The minimum absolute atomic E-state index is 0.140.